The number of hydrogen-bond acceptors (Lipinski definition) is 3. The lowest BCUT2D eigenvalue weighted by atomic mass is 10.1. The maximum atomic E-state index is 13.0. The molecule has 0 spiro atoms. The second-order valence-electron chi connectivity index (χ2n) is 4.43. The highest BCUT2D eigenvalue weighted by Crippen LogP contribution is 2.25. The van der Waals surface area contributed by atoms with E-state index in [-0.39, 0.29) is 16.5 Å². The number of amides is 1. The van der Waals surface area contributed by atoms with Crippen LogP contribution < -0.4 is 5.32 Å². The number of nitriles is 1. The quantitative estimate of drug-likeness (QED) is 0.698. The average Bonchev–Trinajstić information content (AvgIpc) is 2.80. The van der Waals surface area contributed by atoms with Crippen LogP contribution in [0.5, 0.6) is 0 Å². The summed E-state index contributed by atoms with van der Waals surface area (Å²) in [6.07, 6.45) is 1.38. The predicted molar refractivity (Wildman–Crippen MR) is 80.9 cm³/mol. The molecule has 7 heteroatoms. The van der Waals surface area contributed by atoms with Crippen LogP contribution in [0.15, 0.2) is 29.8 Å². The van der Waals surface area contributed by atoms with Crippen molar-refractivity contribution in [2.75, 3.05) is 7.05 Å². The summed E-state index contributed by atoms with van der Waals surface area (Å²) in [4.78, 5) is 11.6. The Balaban J connectivity index is 2.52. The fraction of sp³-hybridized carbons (Fsp3) is 0.133. The van der Waals surface area contributed by atoms with Crippen LogP contribution in [-0.2, 0) is 4.79 Å². The standard InChI is InChI=1S/C15H12ClFN4O/c1-9-13(7-10(8-18)15(22)19-2)14(16)21(20-9)12-5-3-11(17)4-6-12/h3-7H,1-2H3,(H,19,22)/b10-7+. The zero-order valence-electron chi connectivity index (χ0n) is 11.9. The van der Waals surface area contributed by atoms with Crippen LogP contribution in [0.4, 0.5) is 4.39 Å². The number of carbonyl (C=O) groups excluding carboxylic acids is 1. The summed E-state index contributed by atoms with van der Waals surface area (Å²) in [5.41, 5.74) is 1.51. The summed E-state index contributed by atoms with van der Waals surface area (Å²) >= 11 is 6.27. The highest BCUT2D eigenvalue weighted by molar-refractivity contribution is 6.31. The molecule has 0 aliphatic rings. The zero-order chi connectivity index (χ0) is 16.3. The van der Waals surface area contributed by atoms with E-state index in [2.05, 4.69) is 10.4 Å². The first-order valence-corrected chi connectivity index (χ1v) is 6.70. The molecule has 0 radical (unpaired) electrons. The van der Waals surface area contributed by atoms with E-state index in [0.29, 0.717) is 16.9 Å². The van der Waals surface area contributed by atoms with E-state index in [4.69, 9.17) is 16.9 Å². The third-order valence-electron chi connectivity index (χ3n) is 3.00. The minimum absolute atomic E-state index is 0.0776. The van der Waals surface area contributed by atoms with Gasteiger partial charge in [0.1, 0.15) is 22.6 Å². The first kappa shape index (κ1) is 15.7. The number of aryl methyl sites for hydroxylation is 1. The number of halogens is 2. The van der Waals surface area contributed by atoms with Gasteiger partial charge in [0.25, 0.3) is 5.91 Å². The van der Waals surface area contributed by atoms with Crippen molar-refractivity contribution in [3.8, 4) is 11.8 Å². The Labute approximate surface area is 131 Å². The Morgan fingerprint density at radius 1 is 1.45 bits per heavy atom. The molecule has 0 saturated heterocycles. The average molecular weight is 319 g/mol. The molecule has 5 nitrogen and oxygen atoms in total. The summed E-state index contributed by atoms with van der Waals surface area (Å²) in [5, 5.41) is 15.9. The molecule has 0 bridgehead atoms. The lowest BCUT2D eigenvalue weighted by Crippen LogP contribution is -2.19. The van der Waals surface area contributed by atoms with E-state index < -0.39 is 5.91 Å². The van der Waals surface area contributed by atoms with E-state index in [0.717, 1.165) is 0 Å². The molecule has 112 valence electrons. The smallest absolute Gasteiger partial charge is 0.261 e. The number of benzene rings is 1. The molecule has 22 heavy (non-hydrogen) atoms. The summed E-state index contributed by atoms with van der Waals surface area (Å²) < 4.78 is 14.4. The Bertz CT molecular complexity index is 787. The van der Waals surface area contributed by atoms with Crippen LogP contribution in [0.25, 0.3) is 11.8 Å². The van der Waals surface area contributed by atoms with Crippen molar-refractivity contribution in [3.63, 3.8) is 0 Å². The molecule has 0 saturated carbocycles. The summed E-state index contributed by atoms with van der Waals surface area (Å²) in [5.74, 6) is -0.872. The zero-order valence-corrected chi connectivity index (χ0v) is 12.6. The molecule has 0 fully saturated rings. The topological polar surface area (TPSA) is 70.7 Å². The molecule has 0 unspecified atom stereocenters. The van der Waals surface area contributed by atoms with E-state index in [1.54, 1.807) is 6.92 Å². The normalized spacial score (nSPS) is 11.1. The van der Waals surface area contributed by atoms with E-state index in [9.17, 15) is 9.18 Å². The van der Waals surface area contributed by atoms with Gasteiger partial charge in [0.05, 0.1) is 11.4 Å². The Hall–Kier alpha value is -2.65. The number of likely N-dealkylation sites (N-methyl/N-ethyl adjacent to an activating group) is 1. The summed E-state index contributed by atoms with van der Waals surface area (Å²) in [6.45, 7) is 1.70. The second kappa shape index (κ2) is 6.41. The van der Waals surface area contributed by atoms with Gasteiger partial charge in [-0.3, -0.25) is 4.79 Å². The predicted octanol–water partition coefficient (Wildman–Crippen LogP) is 2.63. The van der Waals surface area contributed by atoms with Crippen LogP contribution >= 0.6 is 11.6 Å². The van der Waals surface area contributed by atoms with Crippen molar-refractivity contribution in [2.45, 2.75) is 6.92 Å². The molecule has 1 aromatic heterocycles. The highest BCUT2D eigenvalue weighted by Gasteiger charge is 2.16. The van der Waals surface area contributed by atoms with Crippen molar-refractivity contribution in [1.29, 1.82) is 5.26 Å². The fourth-order valence-electron chi connectivity index (χ4n) is 1.86. The highest BCUT2D eigenvalue weighted by atomic mass is 35.5. The third-order valence-corrected chi connectivity index (χ3v) is 3.36. The van der Waals surface area contributed by atoms with Gasteiger partial charge in [-0.25, -0.2) is 9.07 Å². The molecule has 0 aliphatic carbocycles. The van der Waals surface area contributed by atoms with Gasteiger partial charge >= 0.3 is 0 Å². The number of rotatable bonds is 3. The van der Waals surface area contributed by atoms with Crippen molar-refractivity contribution >= 4 is 23.6 Å². The second-order valence-corrected chi connectivity index (χ2v) is 4.79. The van der Waals surface area contributed by atoms with Crippen LogP contribution in [0.2, 0.25) is 5.15 Å². The van der Waals surface area contributed by atoms with E-state index in [1.165, 1.54) is 42.1 Å². The van der Waals surface area contributed by atoms with Crippen LogP contribution in [0, 0.1) is 24.1 Å². The maximum Gasteiger partial charge on any atom is 0.261 e. The maximum absolute atomic E-state index is 13.0. The van der Waals surface area contributed by atoms with Crippen LogP contribution in [-0.4, -0.2) is 22.7 Å². The number of aromatic nitrogens is 2. The fourth-order valence-corrected chi connectivity index (χ4v) is 2.18. The molecule has 0 aliphatic heterocycles. The van der Waals surface area contributed by atoms with Gasteiger partial charge in [-0.15, -0.1) is 0 Å². The Kier molecular flexibility index (Phi) is 4.59. The van der Waals surface area contributed by atoms with Crippen molar-refractivity contribution < 1.29 is 9.18 Å². The van der Waals surface area contributed by atoms with Gasteiger partial charge in [-0.1, -0.05) is 11.6 Å². The first-order valence-electron chi connectivity index (χ1n) is 6.33. The van der Waals surface area contributed by atoms with Gasteiger partial charge in [0.2, 0.25) is 0 Å². The van der Waals surface area contributed by atoms with Gasteiger partial charge in [-0.05, 0) is 37.3 Å². The molecule has 1 aromatic carbocycles. The minimum Gasteiger partial charge on any atom is -0.354 e. The molecule has 1 amide bonds. The minimum atomic E-state index is -0.507. The molecular weight excluding hydrogens is 307 g/mol. The van der Waals surface area contributed by atoms with Crippen LogP contribution in [0.3, 0.4) is 0 Å². The van der Waals surface area contributed by atoms with Crippen LogP contribution in [0.1, 0.15) is 11.3 Å². The van der Waals surface area contributed by atoms with Gasteiger partial charge in [0.15, 0.2) is 0 Å². The SMILES string of the molecule is CNC(=O)/C(C#N)=C/c1c(C)nn(-c2ccc(F)cc2)c1Cl. The first-order chi connectivity index (χ1) is 10.5. The molecule has 0 atom stereocenters. The number of nitrogens with one attached hydrogen (secondary N) is 1. The third kappa shape index (κ3) is 3.00. The van der Waals surface area contributed by atoms with E-state index in [1.807, 2.05) is 6.07 Å². The van der Waals surface area contributed by atoms with Crippen molar-refractivity contribution in [2.24, 2.45) is 0 Å². The molecule has 1 heterocycles. The monoisotopic (exact) mass is 318 g/mol. The van der Waals surface area contributed by atoms with Gasteiger partial charge in [-0.2, -0.15) is 10.4 Å². The van der Waals surface area contributed by atoms with Crippen molar-refractivity contribution in [3.05, 3.63) is 52.1 Å². The summed E-state index contributed by atoms with van der Waals surface area (Å²) in [7, 11) is 1.43. The summed E-state index contributed by atoms with van der Waals surface area (Å²) in [6, 6.07) is 7.47. The number of nitrogens with zero attached hydrogens (tertiary/aromatic N) is 3. The lowest BCUT2D eigenvalue weighted by Gasteiger charge is -2.02. The molecule has 2 rings (SSSR count). The lowest BCUT2D eigenvalue weighted by molar-refractivity contribution is -0.116. The molecule has 1 N–H and O–H groups in total. The molecule has 2 aromatic rings. The largest absolute Gasteiger partial charge is 0.354 e. The number of hydrogen-bond donors (Lipinski definition) is 1. The molecular formula is C15H12ClFN4O. The van der Waals surface area contributed by atoms with Gasteiger partial charge < -0.3 is 5.32 Å². The Morgan fingerprint density at radius 2 is 2.09 bits per heavy atom. The Morgan fingerprint density at radius 3 is 2.64 bits per heavy atom. The van der Waals surface area contributed by atoms with Crippen molar-refractivity contribution in [1.82, 2.24) is 15.1 Å². The van der Waals surface area contributed by atoms with E-state index >= 15 is 0 Å². The van der Waals surface area contributed by atoms with Gasteiger partial charge in [0, 0.05) is 12.6 Å². The number of carbonyl (C=O) groups is 1.